The van der Waals surface area contributed by atoms with Gasteiger partial charge in [0.05, 0.1) is 0 Å². The van der Waals surface area contributed by atoms with E-state index in [2.05, 4.69) is 16.3 Å². The van der Waals surface area contributed by atoms with E-state index in [1.165, 1.54) is 11.5 Å². The number of rotatable bonds is 3. The lowest BCUT2D eigenvalue weighted by Gasteiger charge is -1.99. The molecule has 0 bridgehead atoms. The highest BCUT2D eigenvalue weighted by Crippen LogP contribution is 2.17. The van der Waals surface area contributed by atoms with Crippen LogP contribution in [0.25, 0.3) is 0 Å². The minimum absolute atomic E-state index is 0.569. The van der Waals surface area contributed by atoms with E-state index in [-0.39, 0.29) is 0 Å². The van der Waals surface area contributed by atoms with Crippen molar-refractivity contribution >= 4 is 22.4 Å². The first-order valence-corrected chi connectivity index (χ1v) is 4.06. The molecule has 0 fully saturated rings. The molecule has 0 aromatic carbocycles. The topological polar surface area (TPSA) is 50.9 Å². The molecule has 0 saturated carbocycles. The first-order valence-electron chi connectivity index (χ1n) is 3.29. The number of aromatic nitrogens is 1. The first-order chi connectivity index (χ1) is 5.18. The van der Waals surface area contributed by atoms with Crippen molar-refractivity contribution in [3.8, 4) is 0 Å². The third-order valence-electron chi connectivity index (χ3n) is 1.09. The standard InChI is InChI=1S/C7H11N3S/c1-5(2)4-9-7-3-6(8)10-11-7/h3,9H,1,4H2,2H3,(H2,8,10). The van der Waals surface area contributed by atoms with Crippen molar-refractivity contribution in [2.24, 2.45) is 0 Å². The third-order valence-corrected chi connectivity index (χ3v) is 1.85. The van der Waals surface area contributed by atoms with Crippen LogP contribution in [-0.4, -0.2) is 10.9 Å². The highest BCUT2D eigenvalue weighted by Gasteiger charge is 1.95. The summed E-state index contributed by atoms with van der Waals surface area (Å²) in [5, 5.41) is 4.13. The number of nitrogens with zero attached hydrogens (tertiary/aromatic N) is 1. The zero-order valence-electron chi connectivity index (χ0n) is 6.42. The minimum atomic E-state index is 0.569. The van der Waals surface area contributed by atoms with E-state index in [0.29, 0.717) is 5.82 Å². The summed E-state index contributed by atoms with van der Waals surface area (Å²) in [7, 11) is 0. The Bertz CT molecular complexity index is 254. The number of hydrogen-bond donors (Lipinski definition) is 2. The maximum Gasteiger partial charge on any atom is 0.139 e. The lowest BCUT2D eigenvalue weighted by atomic mass is 10.3. The molecular formula is C7H11N3S. The summed E-state index contributed by atoms with van der Waals surface area (Å²) in [4.78, 5) is 0. The molecule has 0 aliphatic carbocycles. The first kappa shape index (κ1) is 8.07. The molecular weight excluding hydrogens is 158 g/mol. The van der Waals surface area contributed by atoms with Gasteiger partial charge in [0.1, 0.15) is 10.8 Å². The van der Waals surface area contributed by atoms with Gasteiger partial charge in [0.15, 0.2) is 0 Å². The van der Waals surface area contributed by atoms with E-state index in [4.69, 9.17) is 5.73 Å². The highest BCUT2D eigenvalue weighted by molar-refractivity contribution is 7.10. The number of anilines is 2. The Morgan fingerprint density at radius 3 is 3.09 bits per heavy atom. The summed E-state index contributed by atoms with van der Waals surface area (Å²) in [6.45, 7) is 6.52. The molecule has 1 heterocycles. The second kappa shape index (κ2) is 3.39. The van der Waals surface area contributed by atoms with Gasteiger partial charge in [-0.2, -0.15) is 4.37 Å². The zero-order chi connectivity index (χ0) is 8.27. The number of nitrogens with two attached hydrogens (primary N) is 1. The van der Waals surface area contributed by atoms with E-state index in [9.17, 15) is 0 Å². The van der Waals surface area contributed by atoms with Crippen LogP contribution in [0.3, 0.4) is 0 Å². The summed E-state index contributed by atoms with van der Waals surface area (Å²) < 4.78 is 3.92. The van der Waals surface area contributed by atoms with Crippen molar-refractivity contribution in [2.75, 3.05) is 17.6 Å². The average molecular weight is 169 g/mol. The second-order valence-corrected chi connectivity index (χ2v) is 3.23. The van der Waals surface area contributed by atoms with E-state index in [1.54, 1.807) is 0 Å². The Labute approximate surface area is 70.1 Å². The van der Waals surface area contributed by atoms with Crippen LogP contribution in [0.2, 0.25) is 0 Å². The fraction of sp³-hybridized carbons (Fsp3) is 0.286. The van der Waals surface area contributed by atoms with Crippen molar-refractivity contribution in [1.29, 1.82) is 0 Å². The van der Waals surface area contributed by atoms with Crippen LogP contribution in [0.4, 0.5) is 10.8 Å². The van der Waals surface area contributed by atoms with E-state index < -0.39 is 0 Å². The zero-order valence-corrected chi connectivity index (χ0v) is 7.24. The molecule has 60 valence electrons. The molecule has 0 aliphatic rings. The summed E-state index contributed by atoms with van der Waals surface area (Å²) in [5.74, 6) is 0.569. The van der Waals surface area contributed by atoms with Gasteiger partial charge in [-0.3, -0.25) is 0 Å². The summed E-state index contributed by atoms with van der Waals surface area (Å²) in [6.07, 6.45) is 0. The van der Waals surface area contributed by atoms with Gasteiger partial charge in [0.25, 0.3) is 0 Å². The van der Waals surface area contributed by atoms with Crippen LogP contribution < -0.4 is 11.1 Å². The molecule has 1 aromatic rings. The summed E-state index contributed by atoms with van der Waals surface area (Å²) in [6, 6.07) is 1.81. The lowest BCUT2D eigenvalue weighted by molar-refractivity contribution is 1.23. The second-order valence-electron chi connectivity index (χ2n) is 2.43. The maximum atomic E-state index is 5.42. The van der Waals surface area contributed by atoms with Crippen LogP contribution >= 0.6 is 11.5 Å². The molecule has 4 heteroatoms. The van der Waals surface area contributed by atoms with Crippen LogP contribution in [0.1, 0.15) is 6.92 Å². The van der Waals surface area contributed by atoms with Gasteiger partial charge in [-0.05, 0) is 18.5 Å². The largest absolute Gasteiger partial charge is 0.383 e. The van der Waals surface area contributed by atoms with Crippen molar-refractivity contribution in [1.82, 2.24) is 4.37 Å². The van der Waals surface area contributed by atoms with Gasteiger partial charge in [-0.25, -0.2) is 0 Å². The van der Waals surface area contributed by atoms with E-state index >= 15 is 0 Å². The molecule has 0 aliphatic heterocycles. The Balaban J connectivity index is 2.45. The molecule has 1 aromatic heterocycles. The molecule has 1 rings (SSSR count). The van der Waals surface area contributed by atoms with Gasteiger partial charge in [0.2, 0.25) is 0 Å². The molecule has 0 atom stereocenters. The Kier molecular flexibility index (Phi) is 2.48. The van der Waals surface area contributed by atoms with Crippen LogP contribution in [0.5, 0.6) is 0 Å². The predicted octanol–water partition coefficient (Wildman–Crippen LogP) is 1.71. The van der Waals surface area contributed by atoms with Crippen molar-refractivity contribution in [2.45, 2.75) is 6.92 Å². The van der Waals surface area contributed by atoms with Crippen molar-refractivity contribution in [3.63, 3.8) is 0 Å². The normalized spacial score (nSPS) is 9.55. The Morgan fingerprint density at radius 2 is 2.64 bits per heavy atom. The average Bonchev–Trinajstić information content (AvgIpc) is 2.31. The third kappa shape index (κ3) is 2.59. The van der Waals surface area contributed by atoms with Gasteiger partial charge in [-0.1, -0.05) is 12.2 Å². The number of nitrogen functional groups attached to an aromatic ring is 1. The number of hydrogen-bond acceptors (Lipinski definition) is 4. The van der Waals surface area contributed by atoms with Crippen LogP contribution in [0, 0.1) is 0 Å². The molecule has 0 amide bonds. The SMILES string of the molecule is C=C(C)CNc1cc(N)ns1. The Morgan fingerprint density at radius 1 is 1.91 bits per heavy atom. The highest BCUT2D eigenvalue weighted by atomic mass is 32.1. The van der Waals surface area contributed by atoms with Crippen molar-refractivity contribution in [3.05, 3.63) is 18.2 Å². The van der Waals surface area contributed by atoms with Gasteiger partial charge in [0, 0.05) is 12.6 Å². The smallest absolute Gasteiger partial charge is 0.139 e. The molecule has 0 unspecified atom stereocenters. The van der Waals surface area contributed by atoms with Crippen LogP contribution in [0.15, 0.2) is 18.2 Å². The minimum Gasteiger partial charge on any atom is -0.383 e. The predicted molar refractivity (Wildman–Crippen MR) is 49.8 cm³/mol. The molecule has 3 N–H and O–H groups in total. The van der Waals surface area contributed by atoms with Crippen LogP contribution in [-0.2, 0) is 0 Å². The van der Waals surface area contributed by atoms with Gasteiger partial charge >= 0.3 is 0 Å². The summed E-state index contributed by atoms with van der Waals surface area (Å²) >= 11 is 1.36. The monoisotopic (exact) mass is 169 g/mol. The molecule has 0 radical (unpaired) electrons. The molecule has 3 nitrogen and oxygen atoms in total. The molecule has 0 spiro atoms. The van der Waals surface area contributed by atoms with Crippen molar-refractivity contribution < 1.29 is 0 Å². The maximum absolute atomic E-state index is 5.42. The lowest BCUT2D eigenvalue weighted by Crippen LogP contribution is -1.99. The fourth-order valence-corrected chi connectivity index (χ4v) is 1.18. The van der Waals surface area contributed by atoms with E-state index in [0.717, 1.165) is 17.1 Å². The molecule has 11 heavy (non-hydrogen) atoms. The fourth-order valence-electron chi connectivity index (χ4n) is 0.610. The quantitative estimate of drug-likeness (QED) is 0.677. The Hall–Kier alpha value is -1.03. The summed E-state index contributed by atoms with van der Waals surface area (Å²) in [5.41, 5.74) is 6.52. The van der Waals surface area contributed by atoms with E-state index in [1.807, 2.05) is 13.0 Å². The molecule has 0 saturated heterocycles. The number of nitrogens with one attached hydrogen (secondary N) is 1. The van der Waals surface area contributed by atoms with Gasteiger partial charge < -0.3 is 11.1 Å². The van der Waals surface area contributed by atoms with Gasteiger partial charge in [-0.15, -0.1) is 0 Å².